The van der Waals surface area contributed by atoms with Gasteiger partial charge in [-0.15, -0.1) is 0 Å². The molecule has 1 heterocycles. The van der Waals surface area contributed by atoms with Gasteiger partial charge in [0.1, 0.15) is 0 Å². The number of nitrogens with zero attached hydrogens (tertiary/aromatic N) is 2. The lowest BCUT2D eigenvalue weighted by Gasteiger charge is -2.47. The van der Waals surface area contributed by atoms with E-state index in [4.69, 9.17) is 5.73 Å². The standard InChI is InChI=1S/C16H24N4O/c1-5-20-14-7-6-12(10-18-19-15(17)21)8-13(14)11(2)9-16(20,3)4/h6-8,10-11H,5,9H2,1-4H3,(H3,17,19,21)/b18-10-/t11-/m1/s1. The number of carbonyl (C=O) groups is 1. The van der Waals surface area contributed by atoms with Crippen molar-refractivity contribution in [3.8, 4) is 0 Å². The normalized spacial score (nSPS) is 20.4. The number of urea groups is 1. The van der Waals surface area contributed by atoms with Crippen molar-refractivity contribution in [1.29, 1.82) is 0 Å². The second-order valence-corrected chi connectivity index (χ2v) is 6.21. The van der Waals surface area contributed by atoms with Crippen LogP contribution < -0.4 is 16.1 Å². The third-order valence-electron chi connectivity index (χ3n) is 4.11. The largest absolute Gasteiger partial charge is 0.366 e. The van der Waals surface area contributed by atoms with Crippen molar-refractivity contribution in [2.24, 2.45) is 10.8 Å². The molecule has 0 saturated heterocycles. The highest BCUT2D eigenvalue weighted by Crippen LogP contribution is 2.43. The van der Waals surface area contributed by atoms with Gasteiger partial charge in [0.2, 0.25) is 0 Å². The molecule has 114 valence electrons. The molecule has 0 unspecified atom stereocenters. The monoisotopic (exact) mass is 288 g/mol. The van der Waals surface area contributed by atoms with Crippen LogP contribution in [0.25, 0.3) is 0 Å². The van der Waals surface area contributed by atoms with Crippen LogP contribution in [0.1, 0.15) is 51.2 Å². The first-order valence-electron chi connectivity index (χ1n) is 7.35. The highest BCUT2D eigenvalue weighted by Gasteiger charge is 2.35. The fourth-order valence-electron chi connectivity index (χ4n) is 3.36. The molecule has 5 nitrogen and oxygen atoms in total. The van der Waals surface area contributed by atoms with E-state index >= 15 is 0 Å². The number of anilines is 1. The summed E-state index contributed by atoms with van der Waals surface area (Å²) in [5.74, 6) is 0.496. The number of fused-ring (bicyclic) bond motifs is 1. The molecule has 0 aromatic heterocycles. The van der Waals surface area contributed by atoms with E-state index in [1.54, 1.807) is 6.21 Å². The third-order valence-corrected chi connectivity index (χ3v) is 4.11. The molecule has 0 saturated carbocycles. The molecule has 1 aliphatic heterocycles. The second kappa shape index (κ2) is 5.76. The molecule has 5 heteroatoms. The third kappa shape index (κ3) is 3.17. The summed E-state index contributed by atoms with van der Waals surface area (Å²) >= 11 is 0. The Labute approximate surface area is 126 Å². The first-order chi connectivity index (χ1) is 9.85. The average molecular weight is 288 g/mol. The SMILES string of the molecule is CCN1c2ccc(/C=N\NC(N)=O)cc2[C@H](C)CC1(C)C. The maximum absolute atomic E-state index is 10.6. The molecule has 1 aromatic rings. The zero-order valence-electron chi connectivity index (χ0n) is 13.2. The minimum Gasteiger partial charge on any atom is -0.366 e. The van der Waals surface area contributed by atoms with Gasteiger partial charge in [-0.1, -0.05) is 13.0 Å². The lowest BCUT2D eigenvalue weighted by Crippen LogP contribution is -2.48. The summed E-state index contributed by atoms with van der Waals surface area (Å²) in [6, 6.07) is 5.64. The Balaban J connectivity index is 2.33. The van der Waals surface area contributed by atoms with Crippen LogP contribution in [0.15, 0.2) is 23.3 Å². The van der Waals surface area contributed by atoms with Gasteiger partial charge in [-0.05, 0) is 56.4 Å². The van der Waals surface area contributed by atoms with E-state index in [0.717, 1.165) is 18.5 Å². The first kappa shape index (κ1) is 15.4. The van der Waals surface area contributed by atoms with Gasteiger partial charge in [0, 0.05) is 17.8 Å². The molecular formula is C16H24N4O. The van der Waals surface area contributed by atoms with Crippen molar-refractivity contribution < 1.29 is 4.79 Å². The molecule has 1 atom stereocenters. The zero-order chi connectivity index (χ0) is 15.6. The Kier molecular flexibility index (Phi) is 4.21. The minimum atomic E-state index is -0.656. The topological polar surface area (TPSA) is 70.7 Å². The number of hydrogen-bond donors (Lipinski definition) is 2. The summed E-state index contributed by atoms with van der Waals surface area (Å²) in [6.07, 6.45) is 2.74. The Bertz CT molecular complexity index is 565. The van der Waals surface area contributed by atoms with Crippen LogP contribution in [0.5, 0.6) is 0 Å². The van der Waals surface area contributed by atoms with Crippen molar-refractivity contribution in [2.75, 3.05) is 11.4 Å². The number of nitrogens with one attached hydrogen (secondary N) is 1. The highest BCUT2D eigenvalue weighted by atomic mass is 16.2. The first-order valence-corrected chi connectivity index (χ1v) is 7.35. The predicted molar refractivity (Wildman–Crippen MR) is 86.9 cm³/mol. The lowest BCUT2D eigenvalue weighted by molar-refractivity contribution is 0.249. The van der Waals surface area contributed by atoms with Gasteiger partial charge in [0.25, 0.3) is 0 Å². The van der Waals surface area contributed by atoms with Crippen LogP contribution in [0.2, 0.25) is 0 Å². The molecule has 0 radical (unpaired) electrons. The Hall–Kier alpha value is -2.04. The van der Waals surface area contributed by atoms with Gasteiger partial charge in [-0.25, -0.2) is 10.2 Å². The summed E-state index contributed by atoms with van der Waals surface area (Å²) < 4.78 is 0. The van der Waals surface area contributed by atoms with Gasteiger partial charge < -0.3 is 10.6 Å². The summed E-state index contributed by atoms with van der Waals surface area (Å²) in [6.45, 7) is 10.0. The van der Waals surface area contributed by atoms with E-state index in [-0.39, 0.29) is 5.54 Å². The van der Waals surface area contributed by atoms with Crippen molar-refractivity contribution >= 4 is 17.9 Å². The van der Waals surface area contributed by atoms with E-state index in [2.05, 4.69) is 55.3 Å². The number of primary amides is 1. The van der Waals surface area contributed by atoms with Crippen molar-refractivity contribution in [1.82, 2.24) is 5.43 Å². The highest BCUT2D eigenvalue weighted by molar-refractivity contribution is 5.83. The van der Waals surface area contributed by atoms with Crippen molar-refractivity contribution in [3.05, 3.63) is 29.3 Å². The van der Waals surface area contributed by atoms with E-state index in [1.807, 2.05) is 6.07 Å². The number of rotatable bonds is 3. The van der Waals surface area contributed by atoms with Crippen LogP contribution in [-0.4, -0.2) is 24.3 Å². The van der Waals surface area contributed by atoms with Crippen molar-refractivity contribution in [2.45, 2.75) is 45.6 Å². The molecule has 0 aliphatic carbocycles. The Morgan fingerprint density at radius 1 is 1.57 bits per heavy atom. The molecule has 0 bridgehead atoms. The molecule has 1 aliphatic rings. The average Bonchev–Trinajstić information content (AvgIpc) is 2.38. The van der Waals surface area contributed by atoms with Crippen LogP contribution in [0.3, 0.4) is 0 Å². The number of nitrogens with two attached hydrogens (primary N) is 1. The molecule has 21 heavy (non-hydrogen) atoms. The molecule has 2 amide bonds. The van der Waals surface area contributed by atoms with Gasteiger partial charge in [-0.2, -0.15) is 5.10 Å². The Morgan fingerprint density at radius 2 is 2.29 bits per heavy atom. The van der Waals surface area contributed by atoms with Gasteiger partial charge in [-0.3, -0.25) is 0 Å². The summed E-state index contributed by atoms with van der Waals surface area (Å²) in [5.41, 5.74) is 11.0. The van der Waals surface area contributed by atoms with E-state index in [9.17, 15) is 4.79 Å². The molecular weight excluding hydrogens is 264 g/mol. The summed E-state index contributed by atoms with van der Waals surface area (Å²) in [4.78, 5) is 13.1. The number of benzene rings is 1. The maximum Gasteiger partial charge on any atom is 0.332 e. The van der Waals surface area contributed by atoms with Gasteiger partial charge in [0.05, 0.1) is 6.21 Å². The van der Waals surface area contributed by atoms with Crippen molar-refractivity contribution in [3.63, 3.8) is 0 Å². The minimum absolute atomic E-state index is 0.171. The van der Waals surface area contributed by atoms with Crippen LogP contribution in [-0.2, 0) is 0 Å². The van der Waals surface area contributed by atoms with Crippen LogP contribution >= 0.6 is 0 Å². The number of hydrazone groups is 1. The van der Waals surface area contributed by atoms with Gasteiger partial charge in [0.15, 0.2) is 0 Å². The molecule has 1 aromatic carbocycles. The Morgan fingerprint density at radius 3 is 2.90 bits per heavy atom. The van der Waals surface area contributed by atoms with Crippen LogP contribution in [0, 0.1) is 0 Å². The lowest BCUT2D eigenvalue weighted by atomic mass is 9.79. The molecule has 0 spiro atoms. The van der Waals surface area contributed by atoms with E-state index < -0.39 is 6.03 Å². The smallest absolute Gasteiger partial charge is 0.332 e. The molecule has 2 rings (SSSR count). The maximum atomic E-state index is 10.6. The quantitative estimate of drug-likeness (QED) is 0.663. The number of hydrogen-bond acceptors (Lipinski definition) is 3. The predicted octanol–water partition coefficient (Wildman–Crippen LogP) is 2.80. The summed E-state index contributed by atoms with van der Waals surface area (Å²) in [7, 11) is 0. The van der Waals surface area contributed by atoms with Gasteiger partial charge >= 0.3 is 6.03 Å². The van der Waals surface area contributed by atoms with Crippen LogP contribution in [0.4, 0.5) is 10.5 Å². The second-order valence-electron chi connectivity index (χ2n) is 6.21. The van der Waals surface area contributed by atoms with E-state index in [1.165, 1.54) is 11.3 Å². The fourth-order valence-corrected chi connectivity index (χ4v) is 3.36. The number of amides is 2. The molecule has 3 N–H and O–H groups in total. The molecule has 0 fully saturated rings. The number of carbonyl (C=O) groups excluding carboxylic acids is 1. The van der Waals surface area contributed by atoms with E-state index in [0.29, 0.717) is 5.92 Å². The fraction of sp³-hybridized carbons (Fsp3) is 0.500. The summed E-state index contributed by atoms with van der Waals surface area (Å²) in [5, 5.41) is 3.82. The zero-order valence-corrected chi connectivity index (χ0v) is 13.2.